The molecular formula is C25H30F5N5O3S. The quantitative estimate of drug-likeness (QED) is 0.376. The van der Waals surface area contributed by atoms with E-state index < -0.39 is 42.1 Å². The highest BCUT2D eigenvalue weighted by atomic mass is 32.1. The van der Waals surface area contributed by atoms with Crippen LogP contribution in [0.4, 0.5) is 27.8 Å². The fourth-order valence-electron chi connectivity index (χ4n) is 4.97. The second-order valence-electron chi connectivity index (χ2n) is 9.93. The molecule has 214 valence electrons. The van der Waals surface area contributed by atoms with Gasteiger partial charge in [0.15, 0.2) is 5.01 Å². The van der Waals surface area contributed by atoms with Crippen molar-refractivity contribution in [2.75, 3.05) is 11.9 Å². The van der Waals surface area contributed by atoms with Crippen LogP contribution in [0, 0.1) is 0 Å². The highest BCUT2D eigenvalue weighted by molar-refractivity contribution is 7.17. The number of pyridine rings is 1. The molecule has 2 amide bonds. The number of hydrogen-bond donors (Lipinski definition) is 3. The Kier molecular flexibility index (Phi) is 8.74. The minimum absolute atomic E-state index is 0.00656. The summed E-state index contributed by atoms with van der Waals surface area (Å²) < 4.78 is 68.2. The van der Waals surface area contributed by atoms with Gasteiger partial charge < -0.3 is 20.6 Å². The Labute approximate surface area is 226 Å². The fourth-order valence-corrected chi connectivity index (χ4v) is 5.96. The summed E-state index contributed by atoms with van der Waals surface area (Å²) in [5.41, 5.74) is -1.00. The number of nitrogens with one attached hydrogen (secondary N) is 2. The van der Waals surface area contributed by atoms with Gasteiger partial charge in [-0.05, 0) is 51.5 Å². The van der Waals surface area contributed by atoms with Crippen LogP contribution in [0.2, 0.25) is 0 Å². The van der Waals surface area contributed by atoms with Crippen LogP contribution in [-0.2, 0) is 0 Å². The summed E-state index contributed by atoms with van der Waals surface area (Å²) >= 11 is 0.746. The van der Waals surface area contributed by atoms with E-state index in [1.807, 2.05) is 6.92 Å². The van der Waals surface area contributed by atoms with Gasteiger partial charge in [0, 0.05) is 36.0 Å². The molecule has 8 nitrogen and oxygen atoms in total. The Bertz CT molecular complexity index is 1210. The number of carbonyl (C=O) groups is 2. The van der Waals surface area contributed by atoms with Crippen LogP contribution in [0.1, 0.15) is 84.7 Å². The van der Waals surface area contributed by atoms with Gasteiger partial charge in [-0.3, -0.25) is 9.59 Å². The average molecular weight is 576 g/mol. The molecule has 1 aliphatic carbocycles. The van der Waals surface area contributed by atoms with Gasteiger partial charge >= 0.3 is 6.18 Å². The highest BCUT2D eigenvalue weighted by Gasteiger charge is 2.39. The first-order chi connectivity index (χ1) is 18.4. The Hall–Kier alpha value is -2.87. The number of likely N-dealkylation sites (tertiary alicyclic amines) is 1. The normalized spacial score (nSPS) is 22.4. The average Bonchev–Trinajstić information content (AvgIpc) is 3.61. The zero-order valence-electron chi connectivity index (χ0n) is 21.4. The van der Waals surface area contributed by atoms with Gasteiger partial charge in [-0.1, -0.05) is 6.92 Å². The first kappa shape index (κ1) is 29.1. The summed E-state index contributed by atoms with van der Waals surface area (Å²) in [7, 11) is 0. The van der Waals surface area contributed by atoms with Crippen molar-refractivity contribution in [3.8, 4) is 10.4 Å². The van der Waals surface area contributed by atoms with Crippen LogP contribution in [0.3, 0.4) is 0 Å². The molecule has 0 bridgehead atoms. The number of aromatic nitrogens is 2. The summed E-state index contributed by atoms with van der Waals surface area (Å²) in [6, 6.07) is -1.55. The van der Waals surface area contributed by atoms with E-state index in [4.69, 9.17) is 0 Å². The molecule has 3 N–H and O–H groups in total. The lowest BCUT2D eigenvalue weighted by Gasteiger charge is -2.22. The number of halogens is 5. The van der Waals surface area contributed by atoms with E-state index in [2.05, 4.69) is 20.6 Å². The van der Waals surface area contributed by atoms with Crippen LogP contribution < -0.4 is 10.6 Å². The largest absolute Gasteiger partial charge is 0.408 e. The molecule has 0 radical (unpaired) electrons. The van der Waals surface area contributed by atoms with E-state index >= 15 is 0 Å². The molecule has 2 aromatic heterocycles. The summed E-state index contributed by atoms with van der Waals surface area (Å²) in [6.07, 6.45) is -4.64. The number of rotatable bonds is 8. The maximum Gasteiger partial charge on any atom is 0.408 e. The summed E-state index contributed by atoms with van der Waals surface area (Å²) in [4.78, 5) is 36.2. The molecule has 2 aliphatic rings. The Balaban J connectivity index is 1.73. The van der Waals surface area contributed by atoms with Gasteiger partial charge in [0.05, 0.1) is 11.0 Å². The Morgan fingerprint density at radius 2 is 2.00 bits per heavy atom. The zero-order chi connectivity index (χ0) is 28.5. The van der Waals surface area contributed by atoms with E-state index in [1.165, 1.54) is 6.92 Å². The highest BCUT2D eigenvalue weighted by Crippen LogP contribution is 2.39. The number of anilines is 1. The minimum atomic E-state index is -4.61. The van der Waals surface area contributed by atoms with E-state index in [0.29, 0.717) is 25.8 Å². The molecular weight excluding hydrogens is 545 g/mol. The van der Waals surface area contributed by atoms with Crippen molar-refractivity contribution in [1.29, 1.82) is 0 Å². The molecule has 0 aromatic carbocycles. The number of aliphatic hydroxyl groups excluding tert-OH is 1. The fraction of sp³-hybridized carbons (Fsp3) is 0.600. The minimum Gasteiger partial charge on any atom is -0.393 e. The molecule has 0 spiro atoms. The first-order valence-electron chi connectivity index (χ1n) is 12.8. The number of thiazole rings is 1. The van der Waals surface area contributed by atoms with E-state index in [-0.39, 0.29) is 45.5 Å². The Morgan fingerprint density at radius 1 is 1.26 bits per heavy atom. The van der Waals surface area contributed by atoms with E-state index in [1.54, 1.807) is 4.90 Å². The van der Waals surface area contributed by atoms with Crippen molar-refractivity contribution in [3.05, 3.63) is 28.5 Å². The predicted molar refractivity (Wildman–Crippen MR) is 135 cm³/mol. The first-order valence-corrected chi connectivity index (χ1v) is 13.6. The number of nitrogens with zero attached hydrogens (tertiary/aromatic N) is 3. The van der Waals surface area contributed by atoms with Crippen LogP contribution in [-0.4, -0.2) is 68.7 Å². The van der Waals surface area contributed by atoms with Gasteiger partial charge in [0.2, 0.25) is 0 Å². The van der Waals surface area contributed by atoms with Gasteiger partial charge in [-0.2, -0.15) is 13.2 Å². The molecule has 2 aromatic rings. The standard InChI is InChI=1S/C25H30F5N5O3S/c1-3-17(25(28,29)30)33-18-10-15(21(26)27)16(11-31-18)20-19(24(38)35-8-4-5-12(35)2)34-23(39-20)22(37)32-13-6-7-14(36)9-13/h10-14,17,21,36H,3-9H2,1-2H3,(H,31,33)(H,32,37)/t12-,13+,14+,17-/m0/s1. The van der Waals surface area contributed by atoms with Gasteiger partial charge in [0.25, 0.3) is 18.2 Å². The van der Waals surface area contributed by atoms with Crippen molar-refractivity contribution in [1.82, 2.24) is 20.2 Å². The Morgan fingerprint density at radius 3 is 2.56 bits per heavy atom. The molecule has 39 heavy (non-hydrogen) atoms. The summed E-state index contributed by atoms with van der Waals surface area (Å²) in [6.45, 7) is 3.60. The molecule has 1 saturated heterocycles. The van der Waals surface area contributed by atoms with Crippen molar-refractivity contribution in [2.24, 2.45) is 0 Å². The molecule has 1 saturated carbocycles. The topological polar surface area (TPSA) is 107 Å². The number of aliphatic hydroxyl groups is 1. The summed E-state index contributed by atoms with van der Waals surface area (Å²) in [5, 5.41) is 14.6. The van der Waals surface area contributed by atoms with Gasteiger partial charge in [0.1, 0.15) is 17.6 Å². The van der Waals surface area contributed by atoms with Crippen molar-refractivity contribution in [2.45, 2.75) is 89.2 Å². The van der Waals surface area contributed by atoms with Crippen molar-refractivity contribution >= 4 is 29.0 Å². The third-order valence-corrected chi connectivity index (χ3v) is 8.21. The molecule has 14 heteroatoms. The number of carbonyl (C=O) groups excluding carboxylic acids is 2. The molecule has 3 heterocycles. The monoisotopic (exact) mass is 575 g/mol. The predicted octanol–water partition coefficient (Wildman–Crippen LogP) is 5.16. The molecule has 2 fully saturated rings. The van der Waals surface area contributed by atoms with Crippen LogP contribution in [0.5, 0.6) is 0 Å². The van der Waals surface area contributed by atoms with Crippen molar-refractivity contribution < 1.29 is 36.6 Å². The summed E-state index contributed by atoms with van der Waals surface area (Å²) in [5.74, 6) is -1.51. The maximum atomic E-state index is 14.2. The lowest BCUT2D eigenvalue weighted by atomic mass is 10.1. The molecule has 1 aliphatic heterocycles. The number of alkyl halides is 5. The zero-order valence-corrected chi connectivity index (χ0v) is 22.2. The van der Waals surface area contributed by atoms with Crippen molar-refractivity contribution in [3.63, 3.8) is 0 Å². The van der Waals surface area contributed by atoms with E-state index in [0.717, 1.165) is 36.4 Å². The van der Waals surface area contributed by atoms with Gasteiger partial charge in [-0.25, -0.2) is 18.7 Å². The smallest absolute Gasteiger partial charge is 0.393 e. The lowest BCUT2D eigenvalue weighted by molar-refractivity contribution is -0.142. The van der Waals surface area contributed by atoms with Crippen LogP contribution in [0.15, 0.2) is 12.3 Å². The SMILES string of the molecule is CC[C@H](Nc1cc(C(F)F)c(-c2sc(C(=O)N[C@@H]3CC[C@@H](O)C3)nc2C(=O)N2CCC[C@@H]2C)cn1)C(F)(F)F. The van der Waals surface area contributed by atoms with Crippen LogP contribution in [0.25, 0.3) is 10.4 Å². The van der Waals surface area contributed by atoms with Gasteiger partial charge in [-0.15, -0.1) is 11.3 Å². The second-order valence-corrected chi connectivity index (χ2v) is 10.9. The molecule has 4 rings (SSSR count). The number of hydrogen-bond acceptors (Lipinski definition) is 7. The number of amides is 2. The van der Waals surface area contributed by atoms with Crippen LogP contribution >= 0.6 is 11.3 Å². The maximum absolute atomic E-state index is 14.2. The lowest BCUT2D eigenvalue weighted by Crippen LogP contribution is -2.35. The third kappa shape index (κ3) is 6.48. The third-order valence-electron chi connectivity index (χ3n) is 7.12. The second kappa shape index (κ2) is 11.7. The molecule has 0 unspecified atom stereocenters. The molecule has 4 atom stereocenters. The van der Waals surface area contributed by atoms with E-state index in [9.17, 15) is 36.6 Å².